The van der Waals surface area contributed by atoms with Crippen molar-refractivity contribution >= 4 is 0 Å². The smallest absolute Gasteiger partial charge is 0.151 e. The van der Waals surface area contributed by atoms with Crippen LogP contribution in [0.2, 0.25) is 0 Å². The zero-order chi connectivity index (χ0) is 15.4. The second-order valence-electron chi connectivity index (χ2n) is 5.05. The number of hydrogen-bond donors (Lipinski definition) is 1. The summed E-state index contributed by atoms with van der Waals surface area (Å²) in [6.45, 7) is 8.92. The van der Waals surface area contributed by atoms with E-state index in [0.717, 1.165) is 36.6 Å². The Balaban J connectivity index is 2.39. The number of aromatic nitrogens is 3. The van der Waals surface area contributed by atoms with Crippen LogP contribution in [0.15, 0.2) is 18.2 Å². The van der Waals surface area contributed by atoms with Crippen molar-refractivity contribution in [3.05, 3.63) is 41.2 Å². The molecule has 1 N–H and O–H groups in total. The molecule has 0 bridgehead atoms. The number of nitrogens with zero attached hydrogens (tertiary/aromatic N) is 3. The van der Waals surface area contributed by atoms with Gasteiger partial charge in [-0.25, -0.2) is 14.1 Å². The number of hydrogen-bond acceptors (Lipinski definition) is 3. The van der Waals surface area contributed by atoms with Gasteiger partial charge in [-0.15, -0.1) is 0 Å². The zero-order valence-electron chi connectivity index (χ0n) is 13.2. The van der Waals surface area contributed by atoms with Gasteiger partial charge in [-0.05, 0) is 31.2 Å². The van der Waals surface area contributed by atoms with Crippen molar-refractivity contribution in [2.75, 3.05) is 6.54 Å². The van der Waals surface area contributed by atoms with Gasteiger partial charge >= 0.3 is 0 Å². The van der Waals surface area contributed by atoms with Crippen LogP contribution < -0.4 is 5.32 Å². The van der Waals surface area contributed by atoms with E-state index in [-0.39, 0.29) is 11.9 Å². The normalized spacial score (nSPS) is 12.6. The van der Waals surface area contributed by atoms with E-state index in [4.69, 9.17) is 0 Å². The highest BCUT2D eigenvalue weighted by Gasteiger charge is 2.14. The lowest BCUT2D eigenvalue weighted by Crippen LogP contribution is -2.18. The van der Waals surface area contributed by atoms with Crippen LogP contribution in [0.1, 0.15) is 50.9 Å². The molecule has 2 aromatic rings. The molecular formula is C16H23FN4. The summed E-state index contributed by atoms with van der Waals surface area (Å²) in [5, 5.41) is 7.67. The molecule has 0 spiro atoms. The van der Waals surface area contributed by atoms with Gasteiger partial charge in [-0.1, -0.05) is 26.8 Å². The molecule has 1 aromatic carbocycles. The first-order valence-electron chi connectivity index (χ1n) is 7.58. The molecule has 1 heterocycles. The molecule has 0 saturated heterocycles. The minimum Gasteiger partial charge on any atom is -0.310 e. The van der Waals surface area contributed by atoms with Gasteiger partial charge in [0.2, 0.25) is 0 Å². The number of aryl methyl sites for hydroxylation is 2. The monoisotopic (exact) mass is 290 g/mol. The maximum atomic E-state index is 14.4. The van der Waals surface area contributed by atoms with Gasteiger partial charge in [0.1, 0.15) is 17.3 Å². The van der Waals surface area contributed by atoms with Gasteiger partial charge < -0.3 is 5.32 Å². The minimum atomic E-state index is -0.264. The maximum Gasteiger partial charge on any atom is 0.151 e. The Hall–Kier alpha value is -1.75. The molecule has 0 amide bonds. The van der Waals surface area contributed by atoms with Crippen LogP contribution in [0.5, 0.6) is 0 Å². The molecule has 1 aromatic heterocycles. The van der Waals surface area contributed by atoms with Crippen LogP contribution in [-0.4, -0.2) is 21.3 Å². The zero-order valence-corrected chi connectivity index (χ0v) is 13.2. The average Bonchev–Trinajstić information content (AvgIpc) is 2.90. The van der Waals surface area contributed by atoms with E-state index in [9.17, 15) is 4.39 Å². The van der Waals surface area contributed by atoms with Crippen LogP contribution in [0.25, 0.3) is 5.69 Å². The van der Waals surface area contributed by atoms with Gasteiger partial charge in [0.05, 0.1) is 0 Å². The lowest BCUT2D eigenvalue weighted by Gasteiger charge is -2.14. The number of halogens is 1. The molecule has 0 aliphatic heterocycles. The highest BCUT2D eigenvalue weighted by atomic mass is 19.1. The topological polar surface area (TPSA) is 42.7 Å². The second kappa shape index (κ2) is 6.80. The third-order valence-corrected chi connectivity index (χ3v) is 3.56. The fourth-order valence-corrected chi connectivity index (χ4v) is 2.35. The van der Waals surface area contributed by atoms with Gasteiger partial charge in [-0.3, -0.25) is 0 Å². The molecule has 1 atom stereocenters. The van der Waals surface area contributed by atoms with Crippen molar-refractivity contribution in [2.24, 2.45) is 0 Å². The molecule has 1 unspecified atom stereocenters. The number of rotatable bonds is 6. The second-order valence-corrected chi connectivity index (χ2v) is 5.05. The third kappa shape index (κ3) is 3.29. The number of benzene rings is 1. The van der Waals surface area contributed by atoms with Crippen molar-refractivity contribution in [1.82, 2.24) is 20.1 Å². The Kier molecular flexibility index (Phi) is 5.07. The predicted octanol–water partition coefficient (Wildman–Crippen LogP) is 3.20. The van der Waals surface area contributed by atoms with E-state index in [0.29, 0.717) is 5.69 Å². The first-order chi connectivity index (χ1) is 10.1. The van der Waals surface area contributed by atoms with Crippen LogP contribution in [0.4, 0.5) is 4.39 Å². The van der Waals surface area contributed by atoms with Gasteiger partial charge in [0, 0.05) is 18.9 Å². The van der Waals surface area contributed by atoms with Crippen LogP contribution >= 0.6 is 0 Å². The molecule has 5 heteroatoms. The fraction of sp³-hybridized carbons (Fsp3) is 0.500. The summed E-state index contributed by atoms with van der Waals surface area (Å²) in [5.74, 6) is 1.27. The largest absolute Gasteiger partial charge is 0.310 e. The Bertz CT molecular complexity index is 606. The van der Waals surface area contributed by atoms with E-state index in [1.807, 2.05) is 33.8 Å². The van der Waals surface area contributed by atoms with Crippen LogP contribution in [0, 0.1) is 5.82 Å². The van der Waals surface area contributed by atoms with E-state index in [1.165, 1.54) is 0 Å². The van der Waals surface area contributed by atoms with Gasteiger partial charge in [0.25, 0.3) is 0 Å². The summed E-state index contributed by atoms with van der Waals surface area (Å²) < 4.78 is 16.1. The Morgan fingerprint density at radius 2 is 2.00 bits per heavy atom. The highest BCUT2D eigenvalue weighted by Crippen LogP contribution is 2.20. The molecule has 0 aliphatic carbocycles. The Morgan fingerprint density at radius 1 is 1.24 bits per heavy atom. The van der Waals surface area contributed by atoms with Gasteiger partial charge in [-0.2, -0.15) is 5.10 Å². The maximum absolute atomic E-state index is 14.4. The van der Waals surface area contributed by atoms with Crippen molar-refractivity contribution in [1.29, 1.82) is 0 Å². The summed E-state index contributed by atoms with van der Waals surface area (Å²) >= 11 is 0. The number of nitrogens with one attached hydrogen (secondary N) is 1. The molecular weight excluding hydrogens is 267 g/mol. The van der Waals surface area contributed by atoms with E-state index < -0.39 is 0 Å². The molecule has 21 heavy (non-hydrogen) atoms. The average molecular weight is 290 g/mol. The summed E-state index contributed by atoms with van der Waals surface area (Å²) in [6, 6.07) is 5.44. The van der Waals surface area contributed by atoms with Crippen LogP contribution in [-0.2, 0) is 12.8 Å². The SMILES string of the molecule is CCNC(C)c1ccc(-n2nc(CC)nc2CC)c(F)c1. The Morgan fingerprint density at radius 3 is 2.57 bits per heavy atom. The quantitative estimate of drug-likeness (QED) is 0.888. The molecule has 0 saturated carbocycles. The van der Waals surface area contributed by atoms with Gasteiger partial charge in [0.15, 0.2) is 5.82 Å². The predicted molar refractivity (Wildman–Crippen MR) is 82.2 cm³/mol. The molecule has 2 rings (SSSR count). The minimum absolute atomic E-state index is 0.131. The van der Waals surface area contributed by atoms with Crippen molar-refractivity contribution in [3.8, 4) is 5.69 Å². The molecule has 0 radical (unpaired) electrons. The van der Waals surface area contributed by atoms with E-state index in [1.54, 1.807) is 16.8 Å². The first kappa shape index (κ1) is 15.6. The van der Waals surface area contributed by atoms with E-state index in [2.05, 4.69) is 15.4 Å². The van der Waals surface area contributed by atoms with E-state index >= 15 is 0 Å². The highest BCUT2D eigenvalue weighted by molar-refractivity contribution is 5.37. The van der Waals surface area contributed by atoms with Crippen molar-refractivity contribution < 1.29 is 4.39 Å². The molecule has 114 valence electrons. The molecule has 0 aliphatic rings. The first-order valence-corrected chi connectivity index (χ1v) is 7.58. The molecule has 4 nitrogen and oxygen atoms in total. The summed E-state index contributed by atoms with van der Waals surface area (Å²) in [7, 11) is 0. The lowest BCUT2D eigenvalue weighted by atomic mass is 10.1. The third-order valence-electron chi connectivity index (χ3n) is 3.56. The fourth-order valence-electron chi connectivity index (χ4n) is 2.35. The Labute approximate surface area is 125 Å². The van der Waals surface area contributed by atoms with Crippen molar-refractivity contribution in [3.63, 3.8) is 0 Å². The van der Waals surface area contributed by atoms with Crippen molar-refractivity contribution in [2.45, 2.75) is 46.6 Å². The summed E-state index contributed by atoms with van der Waals surface area (Å²) in [4.78, 5) is 4.42. The molecule has 0 fully saturated rings. The van der Waals surface area contributed by atoms with Crippen LogP contribution in [0.3, 0.4) is 0 Å². The summed E-state index contributed by atoms with van der Waals surface area (Å²) in [6.07, 6.45) is 1.47. The standard InChI is InChI=1S/C16H23FN4/c1-5-15-19-16(6-2)21(20-15)14-9-8-12(10-13(14)17)11(4)18-7-3/h8-11,18H,5-7H2,1-4H3. The lowest BCUT2D eigenvalue weighted by molar-refractivity contribution is 0.575. The summed E-state index contributed by atoms with van der Waals surface area (Å²) in [5.41, 5.74) is 1.40.